The van der Waals surface area contributed by atoms with E-state index in [-0.39, 0.29) is 11.7 Å². The smallest absolute Gasteiger partial charge is 0.250 e. The molecule has 2 heterocycles. The lowest BCUT2D eigenvalue weighted by Crippen LogP contribution is -2.20. The number of benzene rings is 2. The predicted molar refractivity (Wildman–Crippen MR) is 121 cm³/mol. The first-order valence-electron chi connectivity index (χ1n) is 9.55. The maximum atomic E-state index is 12.2. The first-order valence-corrected chi connectivity index (χ1v) is 10.5. The molecule has 0 aliphatic heterocycles. The molecule has 0 spiro atoms. The third-order valence-corrected chi connectivity index (χ3v) is 5.46. The van der Waals surface area contributed by atoms with E-state index < -0.39 is 0 Å². The van der Waals surface area contributed by atoms with Crippen LogP contribution in [0.3, 0.4) is 0 Å². The SMILES string of the molecule is Cc1ccc(Cn2c(SCC(=O)N/N=C\c3ccccn3)nc3ccccc32)cc1. The van der Waals surface area contributed by atoms with Crippen molar-refractivity contribution >= 4 is 34.9 Å². The summed E-state index contributed by atoms with van der Waals surface area (Å²) in [5, 5.41) is 4.77. The fourth-order valence-electron chi connectivity index (χ4n) is 2.98. The molecular weight excluding hydrogens is 394 g/mol. The Morgan fingerprint density at radius 2 is 1.90 bits per heavy atom. The molecule has 2 aromatic heterocycles. The number of amides is 1. The Morgan fingerprint density at radius 3 is 2.70 bits per heavy atom. The van der Waals surface area contributed by atoms with Crippen LogP contribution in [0.5, 0.6) is 0 Å². The normalized spacial score (nSPS) is 11.2. The molecule has 0 radical (unpaired) electrons. The van der Waals surface area contributed by atoms with Gasteiger partial charge in [-0.05, 0) is 36.8 Å². The average molecular weight is 416 g/mol. The Labute approximate surface area is 179 Å². The summed E-state index contributed by atoms with van der Waals surface area (Å²) < 4.78 is 2.15. The van der Waals surface area contributed by atoms with E-state index in [0.717, 1.165) is 16.2 Å². The number of hydrogen-bond donors (Lipinski definition) is 1. The number of hydrazone groups is 1. The van der Waals surface area contributed by atoms with Gasteiger partial charge in [0.1, 0.15) is 0 Å². The van der Waals surface area contributed by atoms with Gasteiger partial charge in [-0.1, -0.05) is 59.8 Å². The van der Waals surface area contributed by atoms with Crippen LogP contribution in [0, 0.1) is 6.92 Å². The highest BCUT2D eigenvalue weighted by molar-refractivity contribution is 7.99. The van der Waals surface area contributed by atoms with E-state index in [9.17, 15) is 4.79 Å². The highest BCUT2D eigenvalue weighted by atomic mass is 32.2. The standard InChI is InChI=1S/C23H21N5OS/c1-17-9-11-18(12-10-17)15-28-21-8-3-2-7-20(21)26-23(28)30-16-22(29)27-25-14-19-6-4-5-13-24-19/h2-14H,15-16H2,1H3,(H,27,29)/b25-14-. The van der Waals surface area contributed by atoms with Crippen molar-refractivity contribution in [3.05, 3.63) is 89.7 Å². The molecule has 0 saturated heterocycles. The van der Waals surface area contributed by atoms with Crippen molar-refractivity contribution in [2.24, 2.45) is 5.10 Å². The van der Waals surface area contributed by atoms with E-state index in [1.165, 1.54) is 29.1 Å². The van der Waals surface area contributed by atoms with Crippen LogP contribution in [0.25, 0.3) is 11.0 Å². The quantitative estimate of drug-likeness (QED) is 0.281. The molecule has 0 aliphatic carbocycles. The molecule has 4 rings (SSSR count). The molecule has 7 heteroatoms. The maximum absolute atomic E-state index is 12.2. The van der Waals surface area contributed by atoms with Crippen LogP contribution in [-0.2, 0) is 11.3 Å². The number of thioether (sulfide) groups is 1. The van der Waals surface area contributed by atoms with Gasteiger partial charge in [0.25, 0.3) is 5.91 Å². The van der Waals surface area contributed by atoms with Crippen molar-refractivity contribution in [3.8, 4) is 0 Å². The molecule has 0 fully saturated rings. The predicted octanol–water partition coefficient (Wildman–Crippen LogP) is 4.03. The second-order valence-electron chi connectivity index (χ2n) is 6.79. The molecule has 6 nitrogen and oxygen atoms in total. The zero-order chi connectivity index (χ0) is 20.8. The molecule has 4 aromatic rings. The van der Waals surface area contributed by atoms with Crippen LogP contribution in [0.15, 0.2) is 83.2 Å². The van der Waals surface area contributed by atoms with E-state index in [4.69, 9.17) is 4.98 Å². The van der Waals surface area contributed by atoms with Gasteiger partial charge < -0.3 is 4.57 Å². The summed E-state index contributed by atoms with van der Waals surface area (Å²) in [5.41, 5.74) is 7.61. The number of nitrogens with one attached hydrogen (secondary N) is 1. The molecule has 0 bridgehead atoms. The van der Waals surface area contributed by atoms with Gasteiger partial charge in [0, 0.05) is 6.20 Å². The molecular formula is C23H21N5OS. The van der Waals surface area contributed by atoms with Crippen LogP contribution in [0.1, 0.15) is 16.8 Å². The van der Waals surface area contributed by atoms with Gasteiger partial charge in [-0.15, -0.1) is 0 Å². The molecule has 0 atom stereocenters. The molecule has 30 heavy (non-hydrogen) atoms. The van der Waals surface area contributed by atoms with Crippen molar-refractivity contribution in [3.63, 3.8) is 0 Å². The average Bonchev–Trinajstić information content (AvgIpc) is 3.12. The van der Waals surface area contributed by atoms with Gasteiger partial charge in [0.15, 0.2) is 5.16 Å². The summed E-state index contributed by atoms with van der Waals surface area (Å²) in [6, 6.07) is 22.0. The van der Waals surface area contributed by atoms with Crippen LogP contribution < -0.4 is 5.43 Å². The summed E-state index contributed by atoms with van der Waals surface area (Å²) in [5.74, 6) is 0.0256. The zero-order valence-electron chi connectivity index (χ0n) is 16.5. The topological polar surface area (TPSA) is 72.2 Å². The van der Waals surface area contributed by atoms with Gasteiger partial charge in [-0.25, -0.2) is 10.4 Å². The summed E-state index contributed by atoms with van der Waals surface area (Å²) in [7, 11) is 0. The summed E-state index contributed by atoms with van der Waals surface area (Å²) in [6.45, 7) is 2.77. The number of fused-ring (bicyclic) bond motifs is 1. The highest BCUT2D eigenvalue weighted by Gasteiger charge is 2.13. The number of aryl methyl sites for hydroxylation is 1. The fraction of sp³-hybridized carbons (Fsp3) is 0.130. The third-order valence-electron chi connectivity index (χ3n) is 4.49. The number of hydrogen-bond acceptors (Lipinski definition) is 5. The molecule has 1 N–H and O–H groups in total. The Balaban J connectivity index is 1.46. The van der Waals surface area contributed by atoms with E-state index in [0.29, 0.717) is 12.2 Å². The van der Waals surface area contributed by atoms with Gasteiger partial charge >= 0.3 is 0 Å². The first-order chi connectivity index (χ1) is 14.7. The van der Waals surface area contributed by atoms with Crippen molar-refractivity contribution < 1.29 is 4.79 Å². The Kier molecular flexibility index (Phi) is 6.20. The monoisotopic (exact) mass is 415 g/mol. The number of pyridine rings is 1. The van der Waals surface area contributed by atoms with Crippen molar-refractivity contribution in [2.75, 3.05) is 5.75 Å². The van der Waals surface area contributed by atoms with Gasteiger partial charge in [0.2, 0.25) is 0 Å². The van der Waals surface area contributed by atoms with Gasteiger partial charge in [-0.3, -0.25) is 9.78 Å². The summed E-state index contributed by atoms with van der Waals surface area (Å²) in [4.78, 5) is 21.1. The number of para-hydroxylation sites is 2. The van der Waals surface area contributed by atoms with E-state index >= 15 is 0 Å². The van der Waals surface area contributed by atoms with E-state index in [1.807, 2.05) is 36.4 Å². The van der Waals surface area contributed by atoms with E-state index in [1.54, 1.807) is 6.20 Å². The Bertz CT molecular complexity index is 1170. The number of nitrogens with zero attached hydrogens (tertiary/aromatic N) is 4. The highest BCUT2D eigenvalue weighted by Crippen LogP contribution is 2.25. The molecule has 150 valence electrons. The van der Waals surface area contributed by atoms with Crippen LogP contribution in [-0.4, -0.2) is 32.4 Å². The summed E-state index contributed by atoms with van der Waals surface area (Å²) >= 11 is 1.40. The minimum absolute atomic E-state index is 0.193. The maximum Gasteiger partial charge on any atom is 0.250 e. The van der Waals surface area contributed by atoms with Crippen LogP contribution in [0.4, 0.5) is 0 Å². The second kappa shape index (κ2) is 9.37. The first kappa shape index (κ1) is 19.8. The fourth-order valence-corrected chi connectivity index (χ4v) is 3.78. The molecule has 0 unspecified atom stereocenters. The molecule has 0 aliphatic rings. The lowest BCUT2D eigenvalue weighted by molar-refractivity contribution is -0.118. The van der Waals surface area contributed by atoms with Crippen LogP contribution in [0.2, 0.25) is 0 Å². The minimum Gasteiger partial charge on any atom is -0.314 e. The lowest BCUT2D eigenvalue weighted by Gasteiger charge is -2.09. The number of aromatic nitrogens is 3. The lowest BCUT2D eigenvalue weighted by atomic mass is 10.1. The molecule has 1 amide bonds. The number of carbonyl (C=O) groups excluding carboxylic acids is 1. The minimum atomic E-state index is -0.193. The number of rotatable bonds is 7. The Hall–Kier alpha value is -3.45. The number of carbonyl (C=O) groups is 1. The third kappa shape index (κ3) is 4.93. The second-order valence-corrected chi connectivity index (χ2v) is 7.73. The van der Waals surface area contributed by atoms with Crippen molar-refractivity contribution in [1.29, 1.82) is 0 Å². The van der Waals surface area contributed by atoms with E-state index in [2.05, 4.69) is 57.3 Å². The number of imidazole rings is 1. The summed E-state index contributed by atoms with van der Waals surface area (Å²) in [6.07, 6.45) is 3.20. The Morgan fingerprint density at radius 1 is 1.10 bits per heavy atom. The zero-order valence-corrected chi connectivity index (χ0v) is 17.3. The van der Waals surface area contributed by atoms with Gasteiger partial charge in [-0.2, -0.15) is 5.10 Å². The van der Waals surface area contributed by atoms with Gasteiger partial charge in [0.05, 0.1) is 35.2 Å². The van der Waals surface area contributed by atoms with Crippen molar-refractivity contribution in [2.45, 2.75) is 18.6 Å². The largest absolute Gasteiger partial charge is 0.314 e. The van der Waals surface area contributed by atoms with Crippen LogP contribution >= 0.6 is 11.8 Å². The molecule has 0 saturated carbocycles. The van der Waals surface area contributed by atoms with Crippen molar-refractivity contribution in [1.82, 2.24) is 20.0 Å². The molecule has 2 aromatic carbocycles.